The first-order valence-electron chi connectivity index (χ1n) is 8.60. The van der Waals surface area contributed by atoms with Crippen LogP contribution >= 0.6 is 0 Å². The smallest absolute Gasteiger partial charge is 0.255 e. The molecule has 0 aliphatic carbocycles. The number of rotatable bonds is 3. The van der Waals surface area contributed by atoms with Gasteiger partial charge in [-0.05, 0) is 37.0 Å². The Kier molecular flexibility index (Phi) is 4.17. The van der Waals surface area contributed by atoms with Crippen molar-refractivity contribution in [3.8, 4) is 11.5 Å². The van der Waals surface area contributed by atoms with Gasteiger partial charge in [0.05, 0.1) is 17.4 Å². The molecule has 0 bridgehead atoms. The summed E-state index contributed by atoms with van der Waals surface area (Å²) in [6.45, 7) is 4.08. The van der Waals surface area contributed by atoms with Crippen molar-refractivity contribution in [3.63, 3.8) is 0 Å². The summed E-state index contributed by atoms with van der Waals surface area (Å²) in [5.74, 6) is 2.06. The molecule has 2 aliphatic heterocycles. The number of likely N-dealkylation sites (tertiary alicyclic amines) is 1. The SMILES string of the molecule is CC1CCCN(C(=O)c2cncc(Nc3ccc4c(c3)OCO4)c2)C1. The Balaban J connectivity index is 1.50. The van der Waals surface area contributed by atoms with Gasteiger partial charge in [0.1, 0.15) is 0 Å². The summed E-state index contributed by atoms with van der Waals surface area (Å²) in [6.07, 6.45) is 5.59. The van der Waals surface area contributed by atoms with E-state index in [1.807, 2.05) is 29.2 Å². The molecule has 0 saturated carbocycles. The summed E-state index contributed by atoms with van der Waals surface area (Å²) in [7, 11) is 0. The summed E-state index contributed by atoms with van der Waals surface area (Å²) in [6, 6.07) is 7.50. The van der Waals surface area contributed by atoms with Gasteiger partial charge in [-0.25, -0.2) is 0 Å². The molecule has 6 heteroatoms. The number of hydrogen-bond donors (Lipinski definition) is 1. The topological polar surface area (TPSA) is 63.7 Å². The molecule has 3 heterocycles. The number of anilines is 2. The number of nitrogens with one attached hydrogen (secondary N) is 1. The molecule has 25 heavy (non-hydrogen) atoms. The second-order valence-electron chi connectivity index (χ2n) is 6.65. The van der Waals surface area contributed by atoms with Gasteiger partial charge >= 0.3 is 0 Å². The molecule has 1 aromatic heterocycles. The molecule has 6 nitrogen and oxygen atoms in total. The van der Waals surface area contributed by atoms with Crippen LogP contribution in [0.4, 0.5) is 11.4 Å². The van der Waals surface area contributed by atoms with Crippen LogP contribution in [0.5, 0.6) is 11.5 Å². The molecule has 4 rings (SSSR count). The first-order valence-corrected chi connectivity index (χ1v) is 8.60. The minimum atomic E-state index is 0.0494. The van der Waals surface area contributed by atoms with Gasteiger partial charge in [0.2, 0.25) is 6.79 Å². The van der Waals surface area contributed by atoms with Crippen molar-refractivity contribution in [1.29, 1.82) is 0 Å². The second-order valence-corrected chi connectivity index (χ2v) is 6.65. The first kappa shape index (κ1) is 15.7. The Morgan fingerprint density at radius 3 is 2.96 bits per heavy atom. The maximum Gasteiger partial charge on any atom is 0.255 e. The van der Waals surface area contributed by atoms with Crippen molar-refractivity contribution < 1.29 is 14.3 Å². The Labute approximate surface area is 146 Å². The first-order chi connectivity index (χ1) is 12.2. The van der Waals surface area contributed by atoms with Crippen LogP contribution in [0, 0.1) is 5.92 Å². The van der Waals surface area contributed by atoms with Crippen LogP contribution in [0.3, 0.4) is 0 Å². The highest BCUT2D eigenvalue weighted by Gasteiger charge is 2.22. The van der Waals surface area contributed by atoms with Gasteiger partial charge in [-0.15, -0.1) is 0 Å². The highest BCUT2D eigenvalue weighted by Crippen LogP contribution is 2.35. The summed E-state index contributed by atoms with van der Waals surface area (Å²) in [4.78, 5) is 18.9. The van der Waals surface area contributed by atoms with E-state index in [-0.39, 0.29) is 12.7 Å². The quantitative estimate of drug-likeness (QED) is 0.928. The van der Waals surface area contributed by atoms with E-state index in [1.165, 1.54) is 6.42 Å². The molecule has 0 spiro atoms. The highest BCUT2D eigenvalue weighted by atomic mass is 16.7. The van der Waals surface area contributed by atoms with Crippen molar-refractivity contribution in [2.24, 2.45) is 5.92 Å². The average molecular weight is 339 g/mol. The number of piperidine rings is 1. The fourth-order valence-electron chi connectivity index (χ4n) is 3.32. The van der Waals surface area contributed by atoms with Crippen LogP contribution in [0.25, 0.3) is 0 Å². The van der Waals surface area contributed by atoms with E-state index in [4.69, 9.17) is 9.47 Å². The lowest BCUT2D eigenvalue weighted by molar-refractivity contribution is 0.0682. The Bertz CT molecular complexity index is 793. The Morgan fingerprint density at radius 2 is 2.08 bits per heavy atom. The average Bonchev–Trinajstić information content (AvgIpc) is 3.09. The number of amides is 1. The fourth-order valence-corrected chi connectivity index (χ4v) is 3.32. The molecule has 0 radical (unpaired) electrons. The van der Waals surface area contributed by atoms with E-state index >= 15 is 0 Å². The number of fused-ring (bicyclic) bond motifs is 1. The summed E-state index contributed by atoms with van der Waals surface area (Å²) < 4.78 is 10.7. The lowest BCUT2D eigenvalue weighted by Gasteiger charge is -2.31. The molecule has 1 fully saturated rings. The van der Waals surface area contributed by atoms with E-state index in [1.54, 1.807) is 12.4 Å². The third-order valence-corrected chi connectivity index (χ3v) is 4.59. The monoisotopic (exact) mass is 339 g/mol. The largest absolute Gasteiger partial charge is 0.454 e. The summed E-state index contributed by atoms with van der Waals surface area (Å²) in [5, 5.41) is 3.27. The number of hydrogen-bond acceptors (Lipinski definition) is 5. The van der Waals surface area contributed by atoms with E-state index in [0.717, 1.165) is 36.6 Å². The number of carbonyl (C=O) groups is 1. The lowest BCUT2D eigenvalue weighted by atomic mass is 10.00. The Hall–Kier alpha value is -2.76. The van der Waals surface area contributed by atoms with Crippen molar-refractivity contribution in [2.45, 2.75) is 19.8 Å². The van der Waals surface area contributed by atoms with Crippen LogP contribution < -0.4 is 14.8 Å². The molecule has 1 N–H and O–H groups in total. The fraction of sp³-hybridized carbons (Fsp3) is 0.368. The van der Waals surface area contributed by atoms with Crippen LogP contribution in [0.1, 0.15) is 30.1 Å². The molecule has 2 aromatic rings. The maximum absolute atomic E-state index is 12.7. The van der Waals surface area contributed by atoms with Crippen molar-refractivity contribution >= 4 is 17.3 Å². The van der Waals surface area contributed by atoms with Crippen molar-refractivity contribution in [2.75, 3.05) is 25.2 Å². The number of carbonyl (C=O) groups excluding carboxylic acids is 1. The number of aromatic nitrogens is 1. The molecule has 1 amide bonds. The highest BCUT2D eigenvalue weighted by molar-refractivity contribution is 5.95. The van der Waals surface area contributed by atoms with Gasteiger partial charge in [-0.1, -0.05) is 6.92 Å². The number of benzene rings is 1. The van der Waals surface area contributed by atoms with E-state index < -0.39 is 0 Å². The molecule has 1 aromatic carbocycles. The molecule has 130 valence electrons. The van der Waals surface area contributed by atoms with Gasteiger partial charge in [0, 0.05) is 31.0 Å². The lowest BCUT2D eigenvalue weighted by Crippen LogP contribution is -2.39. The van der Waals surface area contributed by atoms with Crippen LogP contribution in [-0.4, -0.2) is 35.7 Å². The number of nitrogens with zero attached hydrogens (tertiary/aromatic N) is 2. The molecule has 1 saturated heterocycles. The van der Waals surface area contributed by atoms with E-state index in [9.17, 15) is 4.79 Å². The minimum absolute atomic E-state index is 0.0494. The van der Waals surface area contributed by atoms with Crippen molar-refractivity contribution in [3.05, 3.63) is 42.2 Å². The van der Waals surface area contributed by atoms with E-state index in [2.05, 4.69) is 17.2 Å². The second kappa shape index (κ2) is 6.63. The zero-order chi connectivity index (χ0) is 17.2. The van der Waals surface area contributed by atoms with Crippen LogP contribution in [-0.2, 0) is 0 Å². The van der Waals surface area contributed by atoms with Crippen LogP contribution in [0.15, 0.2) is 36.7 Å². The van der Waals surface area contributed by atoms with E-state index in [0.29, 0.717) is 17.2 Å². The zero-order valence-electron chi connectivity index (χ0n) is 14.2. The standard InChI is InChI=1S/C19H21N3O3/c1-13-3-2-6-22(11-13)19(23)14-7-16(10-20-9-14)21-15-4-5-17-18(8-15)25-12-24-17/h4-5,7-10,13,21H,2-3,6,11-12H2,1H3. The Morgan fingerprint density at radius 1 is 1.20 bits per heavy atom. The zero-order valence-corrected chi connectivity index (χ0v) is 14.2. The van der Waals surface area contributed by atoms with Gasteiger partial charge in [-0.3, -0.25) is 9.78 Å². The molecule has 1 atom stereocenters. The molecule has 2 aliphatic rings. The number of ether oxygens (including phenoxy) is 2. The van der Waals surface area contributed by atoms with Gasteiger partial charge in [0.25, 0.3) is 5.91 Å². The molecule has 1 unspecified atom stereocenters. The third kappa shape index (κ3) is 3.38. The van der Waals surface area contributed by atoms with Gasteiger partial charge < -0.3 is 19.7 Å². The number of pyridine rings is 1. The summed E-state index contributed by atoms with van der Waals surface area (Å²) >= 11 is 0. The minimum Gasteiger partial charge on any atom is -0.454 e. The van der Waals surface area contributed by atoms with Crippen molar-refractivity contribution in [1.82, 2.24) is 9.88 Å². The molecular formula is C19H21N3O3. The predicted molar refractivity (Wildman–Crippen MR) is 94.4 cm³/mol. The summed E-state index contributed by atoms with van der Waals surface area (Å²) in [5.41, 5.74) is 2.25. The maximum atomic E-state index is 12.7. The normalized spacial score (nSPS) is 18.9. The predicted octanol–water partition coefficient (Wildman–Crippen LogP) is 3.43. The van der Waals surface area contributed by atoms with Gasteiger partial charge in [-0.2, -0.15) is 0 Å². The molecular weight excluding hydrogens is 318 g/mol. The third-order valence-electron chi connectivity index (χ3n) is 4.59. The van der Waals surface area contributed by atoms with Gasteiger partial charge in [0.15, 0.2) is 11.5 Å². The van der Waals surface area contributed by atoms with Crippen LogP contribution in [0.2, 0.25) is 0 Å².